The van der Waals surface area contributed by atoms with E-state index in [0.717, 1.165) is 15.6 Å². The van der Waals surface area contributed by atoms with Gasteiger partial charge in [-0.05, 0) is 17.7 Å². The molecule has 1 aliphatic rings. The van der Waals surface area contributed by atoms with Gasteiger partial charge in [0.05, 0.1) is 29.7 Å². The summed E-state index contributed by atoms with van der Waals surface area (Å²) in [5, 5.41) is 16.4. The molecule has 1 aromatic carbocycles. The Kier molecular flexibility index (Phi) is 3.88. The van der Waals surface area contributed by atoms with Crippen LogP contribution in [-0.4, -0.2) is 12.3 Å². The van der Waals surface area contributed by atoms with Crippen LogP contribution in [0.15, 0.2) is 44.7 Å². The van der Waals surface area contributed by atoms with Gasteiger partial charge in [-0.3, -0.25) is 0 Å². The van der Waals surface area contributed by atoms with Gasteiger partial charge in [0.25, 0.3) is 0 Å². The Hall–Kier alpha value is -2.30. The number of allylic oxidation sites excluding steroid dienone is 1. The molecule has 0 spiro atoms. The van der Waals surface area contributed by atoms with E-state index in [1.807, 2.05) is 24.3 Å². The van der Waals surface area contributed by atoms with Crippen LogP contribution in [0.5, 0.6) is 0 Å². The average Bonchev–Trinajstić information content (AvgIpc) is 2.88. The van der Waals surface area contributed by atoms with E-state index in [1.165, 1.54) is 0 Å². The van der Waals surface area contributed by atoms with Gasteiger partial charge < -0.3 is 20.3 Å². The lowest BCUT2D eigenvalue weighted by molar-refractivity contribution is 0.177. The Morgan fingerprint density at radius 3 is 3.05 bits per heavy atom. The highest BCUT2D eigenvalue weighted by Crippen LogP contribution is 2.43. The van der Waals surface area contributed by atoms with Gasteiger partial charge in [-0.15, -0.1) is 0 Å². The fourth-order valence-corrected chi connectivity index (χ4v) is 3.01. The maximum absolute atomic E-state index is 9.52. The number of nitrogens with one attached hydrogen (secondary N) is 1. The molecule has 0 unspecified atom stereocenters. The van der Waals surface area contributed by atoms with Crippen LogP contribution in [0, 0.1) is 11.3 Å². The molecule has 1 aromatic heterocycles. The first-order chi connectivity index (χ1) is 10.7. The van der Waals surface area contributed by atoms with E-state index >= 15 is 0 Å². The number of hydrogen-bond donors (Lipinski definition) is 2. The second-order valence-corrected chi connectivity index (χ2v) is 5.77. The summed E-state index contributed by atoms with van der Waals surface area (Å²) in [5.74, 6) is 0.392. The van der Waals surface area contributed by atoms with E-state index in [2.05, 4.69) is 32.5 Å². The molecule has 0 fully saturated rings. The monoisotopic (exact) mass is 360 g/mol. The van der Waals surface area contributed by atoms with Crippen molar-refractivity contribution >= 4 is 21.8 Å². The Bertz CT molecular complexity index is 791. The van der Waals surface area contributed by atoms with E-state index in [9.17, 15) is 5.26 Å². The molecule has 6 nitrogen and oxygen atoms in total. The van der Waals surface area contributed by atoms with Crippen LogP contribution in [0.25, 0.3) is 0 Å². The lowest BCUT2D eigenvalue weighted by Gasteiger charge is -2.24. The number of halogens is 1. The molecular weight excluding hydrogens is 348 g/mol. The molecule has 0 saturated carbocycles. The normalized spacial score (nSPS) is 16.9. The Morgan fingerprint density at radius 1 is 1.55 bits per heavy atom. The molecule has 2 aromatic rings. The molecule has 0 bridgehead atoms. The van der Waals surface area contributed by atoms with Crippen molar-refractivity contribution in [3.63, 3.8) is 0 Å². The SMILES string of the molecule is COCc1noc2c1[C@H](c1cccc(Br)c1)C(C#N)=C(N)N2. The van der Waals surface area contributed by atoms with E-state index in [-0.39, 0.29) is 11.7 Å². The molecule has 1 atom stereocenters. The Labute approximate surface area is 135 Å². The fourth-order valence-electron chi connectivity index (χ4n) is 2.59. The third-order valence-corrected chi connectivity index (χ3v) is 4.00. The summed E-state index contributed by atoms with van der Waals surface area (Å²) in [6.07, 6.45) is 0. The van der Waals surface area contributed by atoms with E-state index in [4.69, 9.17) is 15.0 Å². The van der Waals surface area contributed by atoms with Crippen molar-refractivity contribution in [3.8, 4) is 6.07 Å². The molecule has 0 aliphatic carbocycles. The summed E-state index contributed by atoms with van der Waals surface area (Å²) in [5.41, 5.74) is 8.76. The molecule has 3 rings (SSSR count). The van der Waals surface area contributed by atoms with Crippen LogP contribution < -0.4 is 11.1 Å². The van der Waals surface area contributed by atoms with Gasteiger partial charge in [-0.1, -0.05) is 33.2 Å². The first kappa shape index (κ1) is 14.6. The highest BCUT2D eigenvalue weighted by atomic mass is 79.9. The first-order valence-electron chi connectivity index (χ1n) is 6.55. The lowest BCUT2D eigenvalue weighted by Crippen LogP contribution is -2.23. The van der Waals surface area contributed by atoms with Crippen LogP contribution in [0.4, 0.5) is 5.88 Å². The number of rotatable bonds is 3. The summed E-state index contributed by atoms with van der Waals surface area (Å²) in [6.45, 7) is 0.295. The highest BCUT2D eigenvalue weighted by Gasteiger charge is 2.34. The van der Waals surface area contributed by atoms with Crippen molar-refractivity contribution in [1.82, 2.24) is 5.16 Å². The van der Waals surface area contributed by atoms with Crippen molar-refractivity contribution in [2.45, 2.75) is 12.5 Å². The fraction of sp³-hybridized carbons (Fsp3) is 0.200. The zero-order chi connectivity index (χ0) is 15.7. The molecular formula is C15H13BrN4O2. The van der Waals surface area contributed by atoms with Gasteiger partial charge in [0, 0.05) is 11.6 Å². The van der Waals surface area contributed by atoms with E-state index < -0.39 is 0 Å². The average molecular weight is 361 g/mol. The number of aromatic nitrogens is 1. The van der Waals surface area contributed by atoms with Gasteiger partial charge >= 0.3 is 0 Å². The largest absolute Gasteiger partial charge is 0.384 e. The summed E-state index contributed by atoms with van der Waals surface area (Å²) >= 11 is 3.46. The summed E-state index contributed by atoms with van der Waals surface area (Å²) in [6, 6.07) is 9.92. The Balaban J connectivity index is 2.21. The second-order valence-electron chi connectivity index (χ2n) is 4.86. The van der Waals surface area contributed by atoms with Crippen molar-refractivity contribution in [2.75, 3.05) is 12.4 Å². The van der Waals surface area contributed by atoms with Gasteiger partial charge in [0.1, 0.15) is 11.5 Å². The van der Waals surface area contributed by atoms with Crippen molar-refractivity contribution < 1.29 is 9.26 Å². The number of hydrogen-bond acceptors (Lipinski definition) is 6. The number of ether oxygens (including phenoxy) is 1. The first-order valence-corrected chi connectivity index (χ1v) is 7.34. The van der Waals surface area contributed by atoms with Gasteiger partial charge in [0.2, 0.25) is 5.88 Å². The standard InChI is InChI=1S/C15H13BrN4O2/c1-21-7-11-13-12(8-3-2-4-9(16)5-8)10(6-17)14(18)19-15(13)22-20-11/h2-5,12,19H,7,18H2,1H3/t12-/m1/s1. The van der Waals surface area contributed by atoms with Crippen molar-refractivity contribution in [1.29, 1.82) is 5.26 Å². The minimum atomic E-state index is -0.338. The third kappa shape index (κ3) is 2.36. The molecule has 3 N–H and O–H groups in total. The number of nitrogens with zero attached hydrogens (tertiary/aromatic N) is 2. The Morgan fingerprint density at radius 2 is 2.36 bits per heavy atom. The van der Waals surface area contributed by atoms with Crippen LogP contribution in [-0.2, 0) is 11.3 Å². The van der Waals surface area contributed by atoms with Crippen LogP contribution in [0.2, 0.25) is 0 Å². The highest BCUT2D eigenvalue weighted by molar-refractivity contribution is 9.10. The topological polar surface area (TPSA) is 97.1 Å². The van der Waals surface area contributed by atoms with Crippen LogP contribution >= 0.6 is 15.9 Å². The summed E-state index contributed by atoms with van der Waals surface area (Å²) in [4.78, 5) is 0. The zero-order valence-electron chi connectivity index (χ0n) is 11.8. The summed E-state index contributed by atoms with van der Waals surface area (Å²) in [7, 11) is 1.58. The minimum absolute atomic E-state index is 0.278. The lowest BCUT2D eigenvalue weighted by atomic mass is 9.83. The predicted molar refractivity (Wildman–Crippen MR) is 83.7 cm³/mol. The molecule has 22 heavy (non-hydrogen) atoms. The number of anilines is 1. The maximum atomic E-state index is 9.52. The number of nitrogens with two attached hydrogens (primary N) is 1. The summed E-state index contributed by atoms with van der Waals surface area (Å²) < 4.78 is 11.4. The number of nitriles is 1. The van der Waals surface area contributed by atoms with Gasteiger partial charge in [-0.2, -0.15) is 5.26 Å². The molecule has 7 heteroatoms. The van der Waals surface area contributed by atoms with Crippen LogP contribution in [0.3, 0.4) is 0 Å². The quantitative estimate of drug-likeness (QED) is 0.873. The maximum Gasteiger partial charge on any atom is 0.234 e. The van der Waals surface area contributed by atoms with Gasteiger partial charge in [-0.25, -0.2) is 0 Å². The second kappa shape index (κ2) is 5.83. The predicted octanol–water partition coefficient (Wildman–Crippen LogP) is 2.83. The molecule has 0 saturated heterocycles. The van der Waals surface area contributed by atoms with Gasteiger partial charge in [0.15, 0.2) is 0 Å². The number of methoxy groups -OCH3 is 1. The molecule has 2 heterocycles. The zero-order valence-corrected chi connectivity index (χ0v) is 13.3. The molecule has 0 radical (unpaired) electrons. The minimum Gasteiger partial charge on any atom is -0.384 e. The van der Waals surface area contributed by atoms with E-state index in [0.29, 0.717) is 23.8 Å². The third-order valence-electron chi connectivity index (χ3n) is 3.50. The van der Waals surface area contributed by atoms with E-state index in [1.54, 1.807) is 7.11 Å². The van der Waals surface area contributed by atoms with Crippen molar-refractivity contribution in [2.24, 2.45) is 5.73 Å². The molecule has 1 aliphatic heterocycles. The molecule has 112 valence electrons. The number of fused-ring (bicyclic) bond motifs is 1. The van der Waals surface area contributed by atoms with Crippen LogP contribution in [0.1, 0.15) is 22.7 Å². The smallest absolute Gasteiger partial charge is 0.234 e. The molecule has 0 amide bonds. The number of benzene rings is 1. The van der Waals surface area contributed by atoms with Crippen molar-refractivity contribution in [3.05, 3.63) is 57.0 Å².